The summed E-state index contributed by atoms with van der Waals surface area (Å²) < 4.78 is 13.2. The van der Waals surface area contributed by atoms with Gasteiger partial charge in [-0.15, -0.1) is 0 Å². The van der Waals surface area contributed by atoms with Gasteiger partial charge in [-0.25, -0.2) is 4.39 Å². The minimum absolute atomic E-state index is 0.395. The summed E-state index contributed by atoms with van der Waals surface area (Å²) in [7, 11) is 0. The number of anilines is 1. The van der Waals surface area contributed by atoms with Crippen molar-refractivity contribution in [2.24, 2.45) is 0 Å². The monoisotopic (exact) mass is 259 g/mol. The van der Waals surface area contributed by atoms with Gasteiger partial charge in [0.2, 0.25) is 0 Å². The number of benzene rings is 2. The van der Waals surface area contributed by atoms with Gasteiger partial charge in [0.05, 0.1) is 0 Å². The fourth-order valence-electron chi connectivity index (χ4n) is 2.12. The molecule has 0 heterocycles. The maximum absolute atomic E-state index is 13.2. The Bertz CT molecular complexity index is 551. The molecule has 2 aromatic carbocycles. The number of nitrogen functional groups attached to an aromatic ring is 1. The summed E-state index contributed by atoms with van der Waals surface area (Å²) in [6.45, 7) is 2.12. The molecule has 1 unspecified atom stereocenters. The second-order valence-corrected chi connectivity index (χ2v) is 4.67. The summed E-state index contributed by atoms with van der Waals surface area (Å²) in [5.41, 5.74) is 8.53. The Balaban J connectivity index is 2.27. The molecule has 1 atom stereocenters. The Labute approximate surface area is 112 Å². The van der Waals surface area contributed by atoms with Gasteiger partial charge in [-0.2, -0.15) is 0 Å². The maximum atomic E-state index is 13.2. The fraction of sp³-hybridized carbons (Fsp3) is 0.250. The maximum Gasteiger partial charge on any atom is 0.123 e. The quantitative estimate of drug-likeness (QED) is 0.826. The zero-order chi connectivity index (χ0) is 13.8. The summed E-state index contributed by atoms with van der Waals surface area (Å²) in [5, 5.41) is 10.3. The van der Waals surface area contributed by atoms with Gasteiger partial charge in [0.1, 0.15) is 11.9 Å². The molecule has 2 rings (SSSR count). The first-order chi connectivity index (χ1) is 9.11. The first-order valence-corrected chi connectivity index (χ1v) is 6.43. The number of aliphatic hydroxyl groups excluding tert-OH is 1. The molecule has 2 aromatic rings. The van der Waals surface area contributed by atoms with Crippen LogP contribution >= 0.6 is 0 Å². The lowest BCUT2D eigenvalue weighted by Gasteiger charge is -2.14. The lowest BCUT2D eigenvalue weighted by atomic mass is 9.98. The predicted octanol–water partition coefficient (Wildman–Crippen LogP) is 3.44. The van der Waals surface area contributed by atoms with Crippen molar-refractivity contribution in [3.05, 3.63) is 65.0 Å². The van der Waals surface area contributed by atoms with Crippen molar-refractivity contribution < 1.29 is 9.50 Å². The van der Waals surface area contributed by atoms with E-state index >= 15 is 0 Å². The normalized spacial score (nSPS) is 12.4. The standard InChI is InChI=1S/C16H18FNO/c1-2-3-11-4-6-12(7-5-11)16(19)14-10-13(17)8-9-15(14)18/h4-10,16,19H,2-3,18H2,1H3. The molecule has 0 aliphatic carbocycles. The van der Waals surface area contributed by atoms with E-state index in [1.54, 1.807) is 0 Å². The van der Waals surface area contributed by atoms with Crippen LogP contribution in [0.4, 0.5) is 10.1 Å². The summed E-state index contributed by atoms with van der Waals surface area (Å²) in [6, 6.07) is 11.7. The molecular formula is C16H18FNO. The molecular weight excluding hydrogens is 241 g/mol. The van der Waals surface area contributed by atoms with Crippen molar-refractivity contribution in [3.63, 3.8) is 0 Å². The van der Waals surface area contributed by atoms with E-state index in [1.807, 2.05) is 24.3 Å². The minimum Gasteiger partial charge on any atom is -0.398 e. The minimum atomic E-state index is -0.897. The zero-order valence-corrected chi connectivity index (χ0v) is 10.9. The van der Waals surface area contributed by atoms with Crippen molar-refractivity contribution in [1.82, 2.24) is 0 Å². The van der Waals surface area contributed by atoms with E-state index in [0.717, 1.165) is 18.4 Å². The van der Waals surface area contributed by atoms with Crippen LogP contribution in [0.5, 0.6) is 0 Å². The number of nitrogens with two attached hydrogens (primary N) is 1. The van der Waals surface area contributed by atoms with E-state index in [4.69, 9.17) is 5.73 Å². The van der Waals surface area contributed by atoms with E-state index in [1.165, 1.54) is 23.8 Å². The molecule has 100 valence electrons. The van der Waals surface area contributed by atoms with Gasteiger partial charge in [0.15, 0.2) is 0 Å². The number of aliphatic hydroxyl groups is 1. The molecule has 0 radical (unpaired) electrons. The lowest BCUT2D eigenvalue weighted by molar-refractivity contribution is 0.220. The average Bonchev–Trinajstić information content (AvgIpc) is 2.42. The third-order valence-corrected chi connectivity index (χ3v) is 3.18. The molecule has 0 spiro atoms. The number of hydrogen-bond acceptors (Lipinski definition) is 2. The van der Waals surface area contributed by atoms with Crippen LogP contribution in [0, 0.1) is 5.82 Å². The van der Waals surface area contributed by atoms with Gasteiger partial charge in [-0.1, -0.05) is 37.6 Å². The molecule has 0 aliphatic rings. The van der Waals surface area contributed by atoms with Crippen molar-refractivity contribution in [1.29, 1.82) is 0 Å². The third-order valence-electron chi connectivity index (χ3n) is 3.18. The van der Waals surface area contributed by atoms with Crippen LogP contribution in [0.2, 0.25) is 0 Å². The topological polar surface area (TPSA) is 46.2 Å². The van der Waals surface area contributed by atoms with Crippen LogP contribution in [-0.2, 0) is 6.42 Å². The second kappa shape index (κ2) is 5.85. The smallest absolute Gasteiger partial charge is 0.123 e. The SMILES string of the molecule is CCCc1ccc(C(O)c2cc(F)ccc2N)cc1. The largest absolute Gasteiger partial charge is 0.398 e. The summed E-state index contributed by atoms with van der Waals surface area (Å²) in [5.74, 6) is -0.397. The molecule has 0 amide bonds. The molecule has 19 heavy (non-hydrogen) atoms. The van der Waals surface area contributed by atoms with Crippen LogP contribution in [0.3, 0.4) is 0 Å². The summed E-state index contributed by atoms with van der Waals surface area (Å²) in [4.78, 5) is 0. The number of hydrogen-bond donors (Lipinski definition) is 2. The van der Waals surface area contributed by atoms with Crippen LogP contribution in [0.25, 0.3) is 0 Å². The predicted molar refractivity (Wildman–Crippen MR) is 75.3 cm³/mol. The van der Waals surface area contributed by atoms with Crippen molar-refractivity contribution in [2.75, 3.05) is 5.73 Å². The molecule has 0 saturated carbocycles. The number of halogens is 1. The number of rotatable bonds is 4. The van der Waals surface area contributed by atoms with Crippen molar-refractivity contribution in [3.8, 4) is 0 Å². The van der Waals surface area contributed by atoms with E-state index in [-0.39, 0.29) is 0 Å². The van der Waals surface area contributed by atoms with E-state index in [0.29, 0.717) is 11.3 Å². The first-order valence-electron chi connectivity index (χ1n) is 6.43. The Morgan fingerprint density at radius 2 is 1.84 bits per heavy atom. The van der Waals surface area contributed by atoms with E-state index in [2.05, 4.69) is 6.92 Å². The van der Waals surface area contributed by atoms with Gasteiger partial charge in [-0.05, 0) is 35.7 Å². The average molecular weight is 259 g/mol. The van der Waals surface area contributed by atoms with Crippen LogP contribution < -0.4 is 5.73 Å². The highest BCUT2D eigenvalue weighted by molar-refractivity contribution is 5.50. The van der Waals surface area contributed by atoms with Crippen molar-refractivity contribution in [2.45, 2.75) is 25.9 Å². The number of aryl methyl sites for hydroxylation is 1. The molecule has 0 fully saturated rings. The van der Waals surface area contributed by atoms with Gasteiger partial charge >= 0.3 is 0 Å². The third kappa shape index (κ3) is 3.12. The molecule has 2 nitrogen and oxygen atoms in total. The second-order valence-electron chi connectivity index (χ2n) is 4.67. The zero-order valence-electron chi connectivity index (χ0n) is 10.9. The van der Waals surface area contributed by atoms with Crippen LogP contribution in [0.1, 0.15) is 36.1 Å². The molecule has 0 bridgehead atoms. The van der Waals surface area contributed by atoms with E-state index in [9.17, 15) is 9.50 Å². The van der Waals surface area contributed by atoms with E-state index < -0.39 is 11.9 Å². The highest BCUT2D eigenvalue weighted by Crippen LogP contribution is 2.27. The highest BCUT2D eigenvalue weighted by atomic mass is 19.1. The van der Waals surface area contributed by atoms with Gasteiger partial charge in [0, 0.05) is 11.3 Å². The van der Waals surface area contributed by atoms with Crippen LogP contribution in [0.15, 0.2) is 42.5 Å². The molecule has 3 heteroatoms. The van der Waals surface area contributed by atoms with Gasteiger partial charge in [0.25, 0.3) is 0 Å². The summed E-state index contributed by atoms with van der Waals surface area (Å²) >= 11 is 0. The van der Waals surface area contributed by atoms with Gasteiger partial charge in [-0.3, -0.25) is 0 Å². The highest BCUT2D eigenvalue weighted by Gasteiger charge is 2.14. The van der Waals surface area contributed by atoms with Gasteiger partial charge < -0.3 is 10.8 Å². The summed E-state index contributed by atoms with van der Waals surface area (Å²) in [6.07, 6.45) is 1.20. The molecule has 0 saturated heterocycles. The Morgan fingerprint density at radius 1 is 1.16 bits per heavy atom. The Hall–Kier alpha value is -1.87. The molecule has 0 aromatic heterocycles. The van der Waals surface area contributed by atoms with Crippen molar-refractivity contribution >= 4 is 5.69 Å². The Kier molecular flexibility index (Phi) is 4.17. The molecule has 0 aliphatic heterocycles. The lowest BCUT2D eigenvalue weighted by Crippen LogP contribution is -2.04. The first kappa shape index (κ1) is 13.6. The van der Waals surface area contributed by atoms with Crippen LogP contribution in [-0.4, -0.2) is 5.11 Å². The fourth-order valence-corrected chi connectivity index (χ4v) is 2.12. The molecule has 3 N–H and O–H groups in total. The Morgan fingerprint density at radius 3 is 2.47 bits per heavy atom.